The van der Waals surface area contributed by atoms with Gasteiger partial charge in [-0.05, 0) is 38.4 Å². The van der Waals surface area contributed by atoms with Gasteiger partial charge in [0.05, 0.1) is 0 Å². The minimum absolute atomic E-state index is 0.0780. The fourth-order valence-corrected chi connectivity index (χ4v) is 2.44. The Morgan fingerprint density at radius 1 is 1.37 bits per heavy atom. The highest BCUT2D eigenvalue weighted by Gasteiger charge is 2.11. The number of hydrogen-bond acceptors (Lipinski definition) is 3. The molecule has 0 unspecified atom stereocenters. The summed E-state index contributed by atoms with van der Waals surface area (Å²) in [7, 11) is 0. The average molecular weight is 264 g/mol. The predicted octanol–water partition coefficient (Wildman–Crippen LogP) is 1.58. The number of carbonyl (C=O) groups excluding carboxylic acids is 1. The molecule has 0 saturated carbocycles. The molecule has 1 aliphatic rings. The highest BCUT2D eigenvalue weighted by molar-refractivity contribution is 5.92. The van der Waals surface area contributed by atoms with Crippen LogP contribution in [0.2, 0.25) is 0 Å². The molecule has 1 amide bonds. The maximum atomic E-state index is 11.9. The van der Waals surface area contributed by atoms with Crippen LogP contribution in [0.25, 0.3) is 0 Å². The number of carbonyl (C=O) groups is 1. The van der Waals surface area contributed by atoms with Gasteiger partial charge in [0.25, 0.3) is 5.91 Å². The summed E-state index contributed by atoms with van der Waals surface area (Å²) in [6.07, 6.45) is 6.13. The van der Waals surface area contributed by atoms with Gasteiger partial charge >= 0.3 is 0 Å². The molecule has 2 N–H and O–H groups in total. The smallest absolute Gasteiger partial charge is 0.271 e. The van der Waals surface area contributed by atoms with Crippen molar-refractivity contribution < 1.29 is 4.79 Å². The van der Waals surface area contributed by atoms with Crippen LogP contribution in [0.15, 0.2) is 6.07 Å². The lowest BCUT2D eigenvalue weighted by molar-refractivity contribution is 0.0943. The van der Waals surface area contributed by atoms with Crippen molar-refractivity contribution in [3.63, 3.8) is 0 Å². The minimum Gasteiger partial charge on any atom is -0.349 e. The first kappa shape index (κ1) is 14.1. The third kappa shape index (κ3) is 4.35. The zero-order valence-electron chi connectivity index (χ0n) is 11.7. The quantitative estimate of drug-likeness (QED) is 0.849. The number of likely N-dealkylation sites (tertiary alicyclic amines) is 1. The number of nitrogens with zero attached hydrogens (tertiary/aromatic N) is 2. The second-order valence-corrected chi connectivity index (χ2v) is 5.14. The van der Waals surface area contributed by atoms with Crippen LogP contribution in [0.1, 0.15) is 48.8 Å². The van der Waals surface area contributed by atoms with Crippen molar-refractivity contribution in [3.8, 4) is 0 Å². The molecule has 0 spiro atoms. The first-order valence-corrected chi connectivity index (χ1v) is 7.34. The molecular formula is C14H24N4O. The summed E-state index contributed by atoms with van der Waals surface area (Å²) < 4.78 is 0. The van der Waals surface area contributed by atoms with Crippen molar-refractivity contribution in [1.82, 2.24) is 20.4 Å². The van der Waals surface area contributed by atoms with E-state index in [2.05, 4.69) is 20.4 Å². The predicted molar refractivity (Wildman–Crippen MR) is 75.2 cm³/mol. The molecular weight excluding hydrogens is 240 g/mol. The monoisotopic (exact) mass is 264 g/mol. The van der Waals surface area contributed by atoms with Crippen LogP contribution in [0.5, 0.6) is 0 Å². The van der Waals surface area contributed by atoms with Crippen molar-refractivity contribution in [3.05, 3.63) is 17.5 Å². The van der Waals surface area contributed by atoms with E-state index < -0.39 is 0 Å². The van der Waals surface area contributed by atoms with Crippen LogP contribution in [0.4, 0.5) is 0 Å². The molecule has 1 saturated heterocycles. The molecule has 5 heteroatoms. The molecule has 1 aliphatic heterocycles. The highest BCUT2D eigenvalue weighted by Crippen LogP contribution is 2.08. The molecule has 0 atom stereocenters. The van der Waals surface area contributed by atoms with Gasteiger partial charge in [-0.2, -0.15) is 5.10 Å². The van der Waals surface area contributed by atoms with E-state index in [1.807, 2.05) is 13.0 Å². The first-order chi connectivity index (χ1) is 9.29. The number of aromatic amines is 1. The summed E-state index contributed by atoms with van der Waals surface area (Å²) in [4.78, 5) is 14.3. The zero-order chi connectivity index (χ0) is 13.5. The van der Waals surface area contributed by atoms with Gasteiger partial charge in [0.1, 0.15) is 5.69 Å². The van der Waals surface area contributed by atoms with E-state index in [1.54, 1.807) is 0 Å². The largest absolute Gasteiger partial charge is 0.349 e. The molecule has 19 heavy (non-hydrogen) atoms. The molecule has 1 aromatic heterocycles. The molecule has 106 valence electrons. The van der Waals surface area contributed by atoms with E-state index in [9.17, 15) is 4.79 Å². The molecule has 0 aliphatic carbocycles. The number of H-pyrrole nitrogens is 1. The summed E-state index contributed by atoms with van der Waals surface area (Å²) >= 11 is 0. The van der Waals surface area contributed by atoms with E-state index in [4.69, 9.17) is 0 Å². The molecule has 1 fully saturated rings. The Hall–Kier alpha value is -1.36. The molecule has 0 bridgehead atoms. The molecule has 2 heterocycles. The number of amides is 1. The van der Waals surface area contributed by atoms with Crippen molar-refractivity contribution >= 4 is 5.91 Å². The normalized spacial score (nSPS) is 17.1. The summed E-state index contributed by atoms with van der Waals surface area (Å²) in [5.41, 5.74) is 1.49. The number of aryl methyl sites for hydroxylation is 1. The molecule has 0 aromatic carbocycles. The van der Waals surface area contributed by atoms with Crippen LogP contribution in [0, 0.1) is 0 Å². The Balaban J connectivity index is 1.71. The summed E-state index contributed by atoms with van der Waals surface area (Å²) in [5, 5.41) is 9.82. The van der Waals surface area contributed by atoms with Gasteiger partial charge in [0, 0.05) is 18.8 Å². The Labute approximate surface area is 114 Å². The number of aromatic nitrogens is 2. The Kier molecular flexibility index (Phi) is 5.39. The Morgan fingerprint density at radius 3 is 2.74 bits per heavy atom. The fourth-order valence-electron chi connectivity index (χ4n) is 2.44. The fraction of sp³-hybridized carbons (Fsp3) is 0.714. The van der Waals surface area contributed by atoms with Crippen LogP contribution < -0.4 is 5.32 Å². The highest BCUT2D eigenvalue weighted by atomic mass is 16.1. The lowest BCUT2D eigenvalue weighted by Crippen LogP contribution is -2.35. The molecule has 1 aromatic rings. The van der Waals surface area contributed by atoms with Gasteiger partial charge in [-0.25, -0.2) is 0 Å². The van der Waals surface area contributed by atoms with E-state index in [0.717, 1.165) is 31.7 Å². The average Bonchev–Trinajstić information content (AvgIpc) is 2.76. The minimum atomic E-state index is -0.0780. The van der Waals surface area contributed by atoms with E-state index in [0.29, 0.717) is 12.2 Å². The van der Waals surface area contributed by atoms with Crippen LogP contribution in [0.3, 0.4) is 0 Å². The van der Waals surface area contributed by atoms with Gasteiger partial charge < -0.3 is 10.2 Å². The number of nitrogens with one attached hydrogen (secondary N) is 2. The summed E-state index contributed by atoms with van der Waals surface area (Å²) in [6, 6.07) is 1.82. The third-order valence-electron chi connectivity index (χ3n) is 3.66. The topological polar surface area (TPSA) is 61.0 Å². The van der Waals surface area contributed by atoms with Crippen molar-refractivity contribution in [2.24, 2.45) is 0 Å². The summed E-state index contributed by atoms with van der Waals surface area (Å²) in [5.74, 6) is -0.0780. The SMILES string of the molecule is CCc1cc(C(=O)NCCN2CCCCCC2)n[nH]1. The van der Waals surface area contributed by atoms with E-state index >= 15 is 0 Å². The second kappa shape index (κ2) is 7.28. The van der Waals surface area contributed by atoms with Gasteiger partial charge in [-0.1, -0.05) is 19.8 Å². The van der Waals surface area contributed by atoms with Crippen molar-refractivity contribution in [2.45, 2.75) is 39.0 Å². The number of hydrogen-bond donors (Lipinski definition) is 2. The van der Waals surface area contributed by atoms with Crippen LogP contribution in [-0.2, 0) is 6.42 Å². The third-order valence-corrected chi connectivity index (χ3v) is 3.66. The molecule has 5 nitrogen and oxygen atoms in total. The van der Waals surface area contributed by atoms with E-state index in [1.165, 1.54) is 25.7 Å². The van der Waals surface area contributed by atoms with Gasteiger partial charge in [0.2, 0.25) is 0 Å². The zero-order valence-corrected chi connectivity index (χ0v) is 11.7. The lowest BCUT2D eigenvalue weighted by atomic mass is 10.2. The van der Waals surface area contributed by atoms with Gasteiger partial charge in [-0.15, -0.1) is 0 Å². The van der Waals surface area contributed by atoms with E-state index in [-0.39, 0.29) is 5.91 Å². The first-order valence-electron chi connectivity index (χ1n) is 7.34. The second-order valence-electron chi connectivity index (χ2n) is 5.14. The maximum absolute atomic E-state index is 11.9. The van der Waals surface area contributed by atoms with Crippen LogP contribution in [-0.4, -0.2) is 47.2 Å². The molecule has 2 rings (SSSR count). The van der Waals surface area contributed by atoms with Gasteiger partial charge in [-0.3, -0.25) is 9.89 Å². The van der Waals surface area contributed by atoms with Crippen molar-refractivity contribution in [1.29, 1.82) is 0 Å². The Morgan fingerprint density at radius 2 is 2.11 bits per heavy atom. The standard InChI is InChI=1S/C14H24N4O/c1-2-12-11-13(17-16-12)14(19)15-7-10-18-8-5-3-4-6-9-18/h11H,2-10H2,1H3,(H,15,19)(H,16,17). The molecule has 0 radical (unpaired) electrons. The van der Waals surface area contributed by atoms with Gasteiger partial charge in [0.15, 0.2) is 0 Å². The van der Waals surface area contributed by atoms with Crippen molar-refractivity contribution in [2.75, 3.05) is 26.2 Å². The Bertz CT molecular complexity index is 394. The lowest BCUT2D eigenvalue weighted by Gasteiger charge is -2.19. The summed E-state index contributed by atoms with van der Waals surface area (Å²) in [6.45, 7) is 6.01. The van der Waals surface area contributed by atoms with Crippen LogP contribution >= 0.6 is 0 Å². The maximum Gasteiger partial charge on any atom is 0.271 e. The number of rotatable bonds is 5.